The van der Waals surface area contributed by atoms with Crippen LogP contribution in [0.5, 0.6) is 0 Å². The van der Waals surface area contributed by atoms with Crippen molar-refractivity contribution >= 4 is 0 Å². The molecule has 0 amide bonds. The third kappa shape index (κ3) is 3.96. The largest absolute Gasteiger partial charge is 0.368 e. The van der Waals surface area contributed by atoms with Gasteiger partial charge in [-0.2, -0.15) is 0 Å². The van der Waals surface area contributed by atoms with Crippen LogP contribution in [0.3, 0.4) is 0 Å². The number of nitrogens with zero attached hydrogens (tertiary/aromatic N) is 1. The van der Waals surface area contributed by atoms with Crippen molar-refractivity contribution in [3.8, 4) is 0 Å². The van der Waals surface area contributed by atoms with Gasteiger partial charge < -0.3 is 10.1 Å². The first kappa shape index (κ1) is 16.3. The lowest BCUT2D eigenvalue weighted by molar-refractivity contribution is -0.0833. The highest BCUT2D eigenvalue weighted by molar-refractivity contribution is 5.01. The van der Waals surface area contributed by atoms with Crippen molar-refractivity contribution in [1.82, 2.24) is 10.2 Å². The molecule has 0 saturated carbocycles. The zero-order valence-corrected chi connectivity index (χ0v) is 14.3. The van der Waals surface area contributed by atoms with Gasteiger partial charge in [0.05, 0.1) is 11.2 Å². The van der Waals surface area contributed by atoms with Crippen LogP contribution in [0.4, 0.5) is 0 Å². The van der Waals surface area contributed by atoms with Gasteiger partial charge >= 0.3 is 0 Å². The minimum absolute atomic E-state index is 0.0170. The quantitative estimate of drug-likeness (QED) is 0.858. The summed E-state index contributed by atoms with van der Waals surface area (Å²) in [6, 6.07) is 1.16. The van der Waals surface area contributed by atoms with Crippen molar-refractivity contribution in [1.29, 1.82) is 0 Å². The highest BCUT2D eigenvalue weighted by Gasteiger charge is 2.48. The first-order valence-corrected chi connectivity index (χ1v) is 8.37. The SMILES string of the molecule is CC(C)NCC1CCCN(C2CC(C)(C)OC2(C)C)C1. The zero-order valence-electron chi connectivity index (χ0n) is 14.3. The maximum absolute atomic E-state index is 6.28. The minimum atomic E-state index is -0.0170. The van der Waals surface area contributed by atoms with Crippen LogP contribution < -0.4 is 5.32 Å². The fourth-order valence-electron chi connectivity index (χ4n) is 4.05. The molecule has 0 aliphatic carbocycles. The molecule has 0 aromatic rings. The Bertz CT molecular complexity index is 325. The molecule has 2 heterocycles. The van der Waals surface area contributed by atoms with E-state index in [0.717, 1.165) is 18.9 Å². The molecule has 2 atom stereocenters. The van der Waals surface area contributed by atoms with E-state index in [-0.39, 0.29) is 11.2 Å². The molecule has 2 unspecified atom stereocenters. The number of hydrogen-bond donors (Lipinski definition) is 1. The molecule has 2 fully saturated rings. The highest BCUT2D eigenvalue weighted by Crippen LogP contribution is 2.41. The molecule has 20 heavy (non-hydrogen) atoms. The molecule has 1 N–H and O–H groups in total. The van der Waals surface area contributed by atoms with Crippen LogP contribution in [0.1, 0.15) is 60.8 Å². The lowest BCUT2D eigenvalue weighted by Gasteiger charge is -2.41. The van der Waals surface area contributed by atoms with Crippen LogP contribution in [0, 0.1) is 5.92 Å². The van der Waals surface area contributed by atoms with Crippen molar-refractivity contribution in [3.05, 3.63) is 0 Å². The summed E-state index contributed by atoms with van der Waals surface area (Å²) in [5.41, 5.74) is 0.00809. The Hall–Kier alpha value is -0.120. The highest BCUT2D eigenvalue weighted by atomic mass is 16.5. The molecule has 2 aliphatic heterocycles. The number of ether oxygens (including phenoxy) is 1. The van der Waals surface area contributed by atoms with E-state index < -0.39 is 0 Å². The number of likely N-dealkylation sites (tertiary alicyclic amines) is 1. The lowest BCUT2D eigenvalue weighted by Crippen LogP contribution is -2.51. The molecule has 2 rings (SSSR count). The minimum Gasteiger partial charge on any atom is -0.368 e. The predicted octanol–water partition coefficient (Wildman–Crippen LogP) is 3.04. The molecular formula is C17H34N2O. The normalized spacial score (nSPS) is 33.8. The van der Waals surface area contributed by atoms with Crippen LogP contribution in [0.15, 0.2) is 0 Å². The Morgan fingerprint density at radius 1 is 1.25 bits per heavy atom. The molecule has 3 nitrogen and oxygen atoms in total. The molecule has 0 spiro atoms. The van der Waals surface area contributed by atoms with Crippen LogP contribution >= 0.6 is 0 Å². The van der Waals surface area contributed by atoms with Crippen molar-refractivity contribution < 1.29 is 4.74 Å². The van der Waals surface area contributed by atoms with Gasteiger partial charge in [0.2, 0.25) is 0 Å². The summed E-state index contributed by atoms with van der Waals surface area (Å²) >= 11 is 0. The summed E-state index contributed by atoms with van der Waals surface area (Å²) in [6.45, 7) is 17.1. The second-order valence-electron chi connectivity index (χ2n) is 8.25. The Morgan fingerprint density at radius 3 is 2.50 bits per heavy atom. The summed E-state index contributed by atoms with van der Waals surface area (Å²) in [7, 11) is 0. The van der Waals surface area contributed by atoms with Gasteiger partial charge in [0.15, 0.2) is 0 Å². The molecule has 0 radical (unpaired) electrons. The topological polar surface area (TPSA) is 24.5 Å². The van der Waals surface area contributed by atoms with E-state index in [4.69, 9.17) is 4.74 Å². The summed E-state index contributed by atoms with van der Waals surface area (Å²) in [4.78, 5) is 2.70. The molecule has 0 aromatic heterocycles. The van der Waals surface area contributed by atoms with Gasteiger partial charge in [-0.15, -0.1) is 0 Å². The van der Waals surface area contributed by atoms with Gasteiger partial charge in [-0.1, -0.05) is 13.8 Å². The first-order chi connectivity index (χ1) is 9.20. The third-order valence-electron chi connectivity index (χ3n) is 4.83. The Morgan fingerprint density at radius 2 is 1.95 bits per heavy atom. The average molecular weight is 282 g/mol. The van der Waals surface area contributed by atoms with Crippen molar-refractivity contribution in [2.24, 2.45) is 5.92 Å². The summed E-state index contributed by atoms with van der Waals surface area (Å²) in [6.07, 6.45) is 3.86. The molecule has 0 bridgehead atoms. The van der Waals surface area contributed by atoms with Gasteiger partial charge in [-0.25, -0.2) is 0 Å². The van der Waals surface area contributed by atoms with E-state index in [1.54, 1.807) is 0 Å². The Balaban J connectivity index is 1.95. The van der Waals surface area contributed by atoms with Gasteiger partial charge in [0.25, 0.3) is 0 Å². The summed E-state index contributed by atoms with van der Waals surface area (Å²) in [5.74, 6) is 0.797. The average Bonchev–Trinajstić information content (AvgIpc) is 2.55. The summed E-state index contributed by atoms with van der Waals surface area (Å²) in [5, 5.41) is 3.61. The van der Waals surface area contributed by atoms with Crippen molar-refractivity contribution in [2.45, 2.75) is 84.1 Å². The second-order valence-corrected chi connectivity index (χ2v) is 8.25. The Labute approximate surface area is 125 Å². The third-order valence-corrected chi connectivity index (χ3v) is 4.83. The molecule has 0 aromatic carbocycles. The second kappa shape index (κ2) is 5.94. The smallest absolute Gasteiger partial charge is 0.0789 e. The maximum atomic E-state index is 6.28. The maximum Gasteiger partial charge on any atom is 0.0789 e. The molecule has 3 heteroatoms. The van der Waals surface area contributed by atoms with Crippen LogP contribution in [0.25, 0.3) is 0 Å². The predicted molar refractivity (Wildman–Crippen MR) is 85.1 cm³/mol. The fourth-order valence-corrected chi connectivity index (χ4v) is 4.05. The van der Waals surface area contributed by atoms with Crippen molar-refractivity contribution in [3.63, 3.8) is 0 Å². The van der Waals surface area contributed by atoms with Gasteiger partial charge in [-0.05, 0) is 66.0 Å². The molecule has 118 valence electrons. The van der Waals surface area contributed by atoms with E-state index in [1.165, 1.54) is 25.9 Å². The van der Waals surface area contributed by atoms with Gasteiger partial charge in [0, 0.05) is 18.6 Å². The van der Waals surface area contributed by atoms with Crippen LogP contribution in [-0.2, 0) is 4.74 Å². The molecule has 2 aliphatic rings. The fraction of sp³-hybridized carbons (Fsp3) is 1.00. The van der Waals surface area contributed by atoms with E-state index in [9.17, 15) is 0 Å². The number of hydrogen-bond acceptors (Lipinski definition) is 3. The first-order valence-electron chi connectivity index (χ1n) is 8.37. The van der Waals surface area contributed by atoms with Crippen molar-refractivity contribution in [2.75, 3.05) is 19.6 Å². The summed E-state index contributed by atoms with van der Waals surface area (Å²) < 4.78 is 6.28. The van der Waals surface area contributed by atoms with Crippen LogP contribution in [0.2, 0.25) is 0 Å². The molecular weight excluding hydrogens is 248 g/mol. The Kier molecular flexibility index (Phi) is 4.83. The van der Waals surface area contributed by atoms with Gasteiger partial charge in [-0.3, -0.25) is 4.90 Å². The van der Waals surface area contributed by atoms with E-state index in [0.29, 0.717) is 12.1 Å². The van der Waals surface area contributed by atoms with E-state index in [2.05, 4.69) is 51.8 Å². The zero-order chi connectivity index (χ0) is 15.0. The number of piperidine rings is 1. The van der Waals surface area contributed by atoms with E-state index >= 15 is 0 Å². The number of rotatable bonds is 4. The standard InChI is InChI=1S/C17H34N2O/c1-13(2)18-11-14-8-7-9-19(12-14)15-10-16(3,4)20-17(15,5)6/h13-15,18H,7-12H2,1-6H3. The van der Waals surface area contributed by atoms with Gasteiger partial charge in [0.1, 0.15) is 0 Å². The lowest BCUT2D eigenvalue weighted by atomic mass is 9.89. The number of nitrogens with one attached hydrogen (secondary N) is 1. The van der Waals surface area contributed by atoms with E-state index in [1.807, 2.05) is 0 Å². The molecule has 2 saturated heterocycles. The van der Waals surface area contributed by atoms with Crippen LogP contribution in [-0.4, -0.2) is 47.8 Å². The monoisotopic (exact) mass is 282 g/mol.